The van der Waals surface area contributed by atoms with Gasteiger partial charge >= 0.3 is 0 Å². The van der Waals surface area contributed by atoms with Gasteiger partial charge in [-0.25, -0.2) is 0 Å². The fourth-order valence-corrected chi connectivity index (χ4v) is 1.76. The summed E-state index contributed by atoms with van der Waals surface area (Å²) >= 11 is 0. The summed E-state index contributed by atoms with van der Waals surface area (Å²) in [4.78, 5) is 10.6. The molecule has 0 bridgehead atoms. The van der Waals surface area contributed by atoms with Crippen LogP contribution in [-0.4, -0.2) is 32.5 Å². The highest BCUT2D eigenvalue weighted by Gasteiger charge is 2.15. The first-order valence-electron chi connectivity index (χ1n) is 4.13. The van der Waals surface area contributed by atoms with Crippen molar-refractivity contribution in [3.05, 3.63) is 30.3 Å². The van der Waals surface area contributed by atoms with E-state index in [-0.39, 0.29) is 4.90 Å². The van der Waals surface area contributed by atoms with Gasteiger partial charge in [0.15, 0.2) is 5.78 Å². The molecule has 0 saturated carbocycles. The van der Waals surface area contributed by atoms with Crippen LogP contribution in [0.2, 0.25) is 0 Å². The van der Waals surface area contributed by atoms with Crippen molar-refractivity contribution >= 4 is 15.9 Å². The van der Waals surface area contributed by atoms with Gasteiger partial charge in [0.05, 0.1) is 4.90 Å². The summed E-state index contributed by atoms with van der Waals surface area (Å²) in [5, 5.41) is 8.38. The summed E-state index contributed by atoms with van der Waals surface area (Å²) in [5.41, 5.74) is 0. The molecule has 82 valence electrons. The number of hydrogen-bond donors (Lipinski definition) is 1. The van der Waals surface area contributed by atoms with Gasteiger partial charge < -0.3 is 5.11 Å². The van der Waals surface area contributed by atoms with Crippen molar-refractivity contribution in [2.75, 3.05) is 13.2 Å². The van der Waals surface area contributed by atoms with Crippen LogP contribution in [0.15, 0.2) is 35.2 Å². The molecule has 0 radical (unpaired) electrons. The maximum absolute atomic E-state index is 11.4. The zero-order chi connectivity index (χ0) is 11.3. The van der Waals surface area contributed by atoms with E-state index in [1.165, 1.54) is 12.1 Å². The average Bonchev–Trinajstić information content (AvgIpc) is 2.27. The first-order valence-corrected chi connectivity index (χ1v) is 5.54. The van der Waals surface area contributed by atoms with Gasteiger partial charge in [0.25, 0.3) is 10.1 Å². The highest BCUT2D eigenvalue weighted by atomic mass is 32.2. The minimum atomic E-state index is -3.90. The number of carbonyl (C=O) groups excluding carboxylic acids is 1. The molecule has 0 spiro atoms. The van der Waals surface area contributed by atoms with Crippen LogP contribution < -0.4 is 0 Å². The summed E-state index contributed by atoms with van der Waals surface area (Å²) in [6.45, 7) is -1.38. The molecule has 1 N–H and O–H groups in total. The van der Waals surface area contributed by atoms with E-state index < -0.39 is 29.1 Å². The van der Waals surface area contributed by atoms with Crippen molar-refractivity contribution in [1.82, 2.24) is 0 Å². The Morgan fingerprint density at radius 3 is 2.40 bits per heavy atom. The fraction of sp³-hybridized carbons (Fsp3) is 0.222. The molecule has 15 heavy (non-hydrogen) atoms. The summed E-state index contributed by atoms with van der Waals surface area (Å²) in [6.07, 6.45) is 0. The SMILES string of the molecule is O=C(CO)COS(=O)(=O)c1ccccc1. The first kappa shape index (κ1) is 11.8. The number of ketones is 1. The lowest BCUT2D eigenvalue weighted by Gasteiger charge is -2.03. The number of benzene rings is 1. The van der Waals surface area contributed by atoms with E-state index in [9.17, 15) is 13.2 Å². The van der Waals surface area contributed by atoms with Gasteiger partial charge in [-0.3, -0.25) is 8.98 Å². The molecule has 0 amide bonds. The van der Waals surface area contributed by atoms with Gasteiger partial charge in [0.2, 0.25) is 0 Å². The third kappa shape index (κ3) is 3.43. The third-order valence-corrected chi connectivity index (χ3v) is 2.86. The maximum Gasteiger partial charge on any atom is 0.297 e. The first-order chi connectivity index (χ1) is 7.06. The monoisotopic (exact) mass is 230 g/mol. The fourth-order valence-electron chi connectivity index (χ4n) is 0.844. The molecule has 0 saturated heterocycles. The van der Waals surface area contributed by atoms with Crippen LogP contribution in [0.4, 0.5) is 0 Å². The number of aliphatic hydroxyl groups excluding tert-OH is 1. The van der Waals surface area contributed by atoms with E-state index in [1.807, 2.05) is 0 Å². The molecular formula is C9H10O5S. The number of Topliss-reactive ketones (excluding diaryl/α,β-unsaturated/α-hetero) is 1. The smallest absolute Gasteiger partial charge is 0.297 e. The van der Waals surface area contributed by atoms with E-state index >= 15 is 0 Å². The Balaban J connectivity index is 2.73. The van der Waals surface area contributed by atoms with Crippen LogP contribution in [0, 0.1) is 0 Å². The molecule has 0 aliphatic rings. The Hall–Kier alpha value is -1.24. The summed E-state index contributed by atoms with van der Waals surface area (Å²) < 4.78 is 27.2. The van der Waals surface area contributed by atoms with Crippen LogP contribution in [0.25, 0.3) is 0 Å². The quantitative estimate of drug-likeness (QED) is 0.717. The second kappa shape index (κ2) is 5.01. The molecule has 0 unspecified atom stereocenters. The Kier molecular flexibility index (Phi) is 3.96. The van der Waals surface area contributed by atoms with Gasteiger partial charge in [-0.1, -0.05) is 18.2 Å². The van der Waals surface area contributed by atoms with Gasteiger partial charge in [0.1, 0.15) is 13.2 Å². The van der Waals surface area contributed by atoms with Gasteiger partial charge in [-0.05, 0) is 12.1 Å². The van der Waals surface area contributed by atoms with Crippen molar-refractivity contribution in [2.45, 2.75) is 4.90 Å². The Morgan fingerprint density at radius 2 is 1.87 bits per heavy atom. The largest absolute Gasteiger partial charge is 0.388 e. The average molecular weight is 230 g/mol. The van der Waals surface area contributed by atoms with Crippen molar-refractivity contribution < 1.29 is 22.5 Å². The lowest BCUT2D eigenvalue weighted by atomic mass is 10.4. The lowest BCUT2D eigenvalue weighted by molar-refractivity contribution is -0.123. The second-order valence-electron chi connectivity index (χ2n) is 2.73. The number of aliphatic hydroxyl groups is 1. The van der Waals surface area contributed by atoms with Gasteiger partial charge in [-0.2, -0.15) is 8.42 Å². The van der Waals surface area contributed by atoms with E-state index in [0.29, 0.717) is 0 Å². The predicted molar refractivity (Wildman–Crippen MR) is 51.7 cm³/mol. The summed E-state index contributed by atoms with van der Waals surface area (Å²) in [5.74, 6) is -0.686. The van der Waals surface area contributed by atoms with Crippen molar-refractivity contribution in [3.63, 3.8) is 0 Å². The number of hydrogen-bond acceptors (Lipinski definition) is 5. The van der Waals surface area contributed by atoms with Crippen LogP contribution >= 0.6 is 0 Å². The maximum atomic E-state index is 11.4. The molecule has 1 aromatic rings. The predicted octanol–water partition coefficient (Wildman–Crippen LogP) is -0.0467. The van der Waals surface area contributed by atoms with Crippen molar-refractivity contribution in [1.29, 1.82) is 0 Å². The van der Waals surface area contributed by atoms with E-state index in [0.717, 1.165) is 0 Å². The summed E-state index contributed by atoms with van der Waals surface area (Å²) in [6, 6.07) is 7.48. The molecule has 5 nitrogen and oxygen atoms in total. The zero-order valence-electron chi connectivity index (χ0n) is 7.79. The molecule has 0 aromatic heterocycles. The van der Waals surface area contributed by atoms with E-state index in [1.54, 1.807) is 18.2 Å². The Bertz CT molecular complexity index is 423. The normalized spacial score (nSPS) is 11.3. The minimum Gasteiger partial charge on any atom is -0.388 e. The van der Waals surface area contributed by atoms with Crippen molar-refractivity contribution in [3.8, 4) is 0 Å². The Morgan fingerprint density at radius 1 is 1.27 bits per heavy atom. The standard InChI is InChI=1S/C9H10O5S/c10-6-8(11)7-14-15(12,13)9-4-2-1-3-5-9/h1-5,10H,6-7H2. The molecule has 0 heterocycles. The van der Waals surface area contributed by atoms with Crippen molar-refractivity contribution in [2.24, 2.45) is 0 Å². The van der Waals surface area contributed by atoms with Gasteiger partial charge in [0, 0.05) is 0 Å². The molecule has 0 atom stereocenters. The minimum absolute atomic E-state index is 0.0178. The second-order valence-corrected chi connectivity index (χ2v) is 4.34. The molecule has 0 aliphatic heterocycles. The lowest BCUT2D eigenvalue weighted by Crippen LogP contribution is -2.16. The van der Waals surface area contributed by atoms with Crippen LogP contribution in [0.3, 0.4) is 0 Å². The summed E-state index contributed by atoms with van der Waals surface area (Å²) in [7, 11) is -3.90. The highest BCUT2D eigenvalue weighted by molar-refractivity contribution is 7.86. The number of carbonyl (C=O) groups is 1. The van der Waals surface area contributed by atoms with Gasteiger partial charge in [-0.15, -0.1) is 0 Å². The topological polar surface area (TPSA) is 80.7 Å². The van der Waals surface area contributed by atoms with Crippen LogP contribution in [-0.2, 0) is 19.1 Å². The van der Waals surface area contributed by atoms with Crippen LogP contribution in [0.5, 0.6) is 0 Å². The Labute approximate surface area is 87.4 Å². The third-order valence-electron chi connectivity index (χ3n) is 1.58. The van der Waals surface area contributed by atoms with Crippen LogP contribution in [0.1, 0.15) is 0 Å². The number of rotatable bonds is 5. The highest BCUT2D eigenvalue weighted by Crippen LogP contribution is 2.10. The molecule has 6 heteroatoms. The zero-order valence-corrected chi connectivity index (χ0v) is 8.61. The van der Waals surface area contributed by atoms with E-state index in [4.69, 9.17) is 5.11 Å². The molecule has 1 rings (SSSR count). The molecular weight excluding hydrogens is 220 g/mol. The molecule has 1 aromatic carbocycles. The van der Waals surface area contributed by atoms with E-state index in [2.05, 4.69) is 4.18 Å². The molecule has 0 aliphatic carbocycles. The molecule has 0 fully saturated rings.